The maximum absolute atomic E-state index is 11.0. The molecule has 0 rings (SSSR count). The predicted molar refractivity (Wildman–Crippen MR) is 42.8 cm³/mol. The molecule has 0 saturated carbocycles. The number of methoxy groups -OCH3 is 2. The smallest absolute Gasteiger partial charge is 0.309 e. The minimum atomic E-state index is -0.727. The Bertz CT molecular complexity index is 199. The Morgan fingerprint density at radius 3 is 2.31 bits per heavy atom. The van der Waals surface area contributed by atoms with Gasteiger partial charge in [-0.1, -0.05) is 0 Å². The fraction of sp³-hybridized carbons (Fsp3) is 0.625. The van der Waals surface area contributed by atoms with Gasteiger partial charge in [-0.25, -0.2) is 0 Å². The van der Waals surface area contributed by atoms with E-state index in [-0.39, 0.29) is 12.8 Å². The van der Waals surface area contributed by atoms with Crippen LogP contribution < -0.4 is 0 Å². The molecule has 5 heteroatoms. The van der Waals surface area contributed by atoms with Crippen molar-refractivity contribution in [3.05, 3.63) is 0 Å². The zero-order chi connectivity index (χ0) is 10.3. The van der Waals surface area contributed by atoms with Crippen molar-refractivity contribution in [2.45, 2.75) is 12.8 Å². The van der Waals surface area contributed by atoms with Crippen LogP contribution in [0, 0.1) is 5.92 Å². The fourth-order valence-corrected chi connectivity index (χ4v) is 0.830. The number of hydrogen-bond acceptors (Lipinski definition) is 5. The first-order valence-electron chi connectivity index (χ1n) is 3.74. The molecule has 0 aromatic carbocycles. The highest BCUT2D eigenvalue weighted by atomic mass is 16.5. The van der Waals surface area contributed by atoms with Gasteiger partial charge in [-0.15, -0.1) is 0 Å². The summed E-state index contributed by atoms with van der Waals surface area (Å²) in [5.41, 5.74) is 0. The summed E-state index contributed by atoms with van der Waals surface area (Å²) in [5.74, 6) is -1.83. The molecular weight excluding hydrogens is 176 g/mol. The number of hydrogen-bond donors (Lipinski definition) is 0. The second-order valence-corrected chi connectivity index (χ2v) is 2.40. The molecule has 0 unspecified atom stereocenters. The Balaban J connectivity index is 4.16. The van der Waals surface area contributed by atoms with E-state index in [1.165, 1.54) is 14.2 Å². The van der Waals surface area contributed by atoms with Gasteiger partial charge in [0, 0.05) is 6.42 Å². The molecule has 0 aliphatic heterocycles. The van der Waals surface area contributed by atoms with Crippen molar-refractivity contribution in [1.82, 2.24) is 0 Å². The summed E-state index contributed by atoms with van der Waals surface area (Å²) in [7, 11) is 2.43. The quantitative estimate of drug-likeness (QED) is 0.446. The Labute approximate surface area is 76.0 Å². The molecule has 0 bridgehead atoms. The van der Waals surface area contributed by atoms with Gasteiger partial charge in [-0.3, -0.25) is 9.59 Å². The molecule has 0 aliphatic carbocycles. The van der Waals surface area contributed by atoms with Crippen LogP contribution in [-0.2, 0) is 23.9 Å². The lowest BCUT2D eigenvalue weighted by molar-refractivity contribution is -0.152. The van der Waals surface area contributed by atoms with E-state index in [1.807, 2.05) is 0 Å². The van der Waals surface area contributed by atoms with Crippen molar-refractivity contribution in [1.29, 1.82) is 0 Å². The molecule has 0 aliphatic rings. The van der Waals surface area contributed by atoms with Crippen LogP contribution in [0.25, 0.3) is 0 Å². The topological polar surface area (TPSA) is 69.7 Å². The standard InChI is InChI=1S/C8H12O5/c1-12-7(10)5-6(3-4-9)8(11)13-2/h4,6H,3,5H2,1-2H3/t6-/m1/s1. The molecule has 0 aromatic heterocycles. The third kappa shape index (κ3) is 4.25. The van der Waals surface area contributed by atoms with E-state index in [0.29, 0.717) is 6.29 Å². The lowest BCUT2D eigenvalue weighted by atomic mass is 10.0. The minimum absolute atomic E-state index is 0.0260. The van der Waals surface area contributed by atoms with E-state index in [2.05, 4.69) is 9.47 Å². The number of ether oxygens (including phenoxy) is 2. The van der Waals surface area contributed by atoms with Gasteiger partial charge in [0.2, 0.25) is 0 Å². The second kappa shape index (κ2) is 6.16. The van der Waals surface area contributed by atoms with Crippen LogP contribution in [0.3, 0.4) is 0 Å². The van der Waals surface area contributed by atoms with Crippen LogP contribution >= 0.6 is 0 Å². The van der Waals surface area contributed by atoms with E-state index in [1.54, 1.807) is 0 Å². The van der Waals surface area contributed by atoms with Gasteiger partial charge in [0.25, 0.3) is 0 Å². The van der Waals surface area contributed by atoms with Crippen LogP contribution in [-0.4, -0.2) is 32.4 Å². The summed E-state index contributed by atoms with van der Waals surface area (Å²) in [6, 6.07) is 0. The van der Waals surface area contributed by atoms with Crippen molar-refractivity contribution in [3.8, 4) is 0 Å². The third-order valence-corrected chi connectivity index (χ3v) is 1.56. The van der Waals surface area contributed by atoms with Crippen molar-refractivity contribution < 1.29 is 23.9 Å². The predicted octanol–water partition coefficient (Wildman–Crippen LogP) is -0.0723. The molecule has 0 spiro atoms. The van der Waals surface area contributed by atoms with Crippen LogP contribution in [0.5, 0.6) is 0 Å². The lowest BCUT2D eigenvalue weighted by Crippen LogP contribution is -2.20. The molecule has 1 atom stereocenters. The van der Waals surface area contributed by atoms with E-state index in [4.69, 9.17) is 0 Å². The Morgan fingerprint density at radius 1 is 1.31 bits per heavy atom. The van der Waals surface area contributed by atoms with Gasteiger partial charge in [-0.05, 0) is 0 Å². The summed E-state index contributed by atoms with van der Waals surface area (Å²) >= 11 is 0. The number of carbonyl (C=O) groups excluding carboxylic acids is 3. The van der Waals surface area contributed by atoms with Gasteiger partial charge >= 0.3 is 11.9 Å². The number of carbonyl (C=O) groups is 3. The van der Waals surface area contributed by atoms with Crippen molar-refractivity contribution in [2.24, 2.45) is 5.92 Å². The van der Waals surface area contributed by atoms with E-state index < -0.39 is 17.9 Å². The van der Waals surface area contributed by atoms with Gasteiger partial charge < -0.3 is 14.3 Å². The summed E-state index contributed by atoms with van der Waals surface area (Å²) in [5, 5.41) is 0. The molecule has 0 saturated heterocycles. The van der Waals surface area contributed by atoms with Gasteiger partial charge in [-0.2, -0.15) is 0 Å². The molecule has 0 amide bonds. The van der Waals surface area contributed by atoms with Crippen LogP contribution in [0.4, 0.5) is 0 Å². The molecule has 5 nitrogen and oxygen atoms in total. The Morgan fingerprint density at radius 2 is 1.92 bits per heavy atom. The Hall–Kier alpha value is -1.39. The van der Waals surface area contributed by atoms with Gasteiger partial charge in [0.05, 0.1) is 26.6 Å². The van der Waals surface area contributed by atoms with Gasteiger partial charge in [0.1, 0.15) is 6.29 Å². The van der Waals surface area contributed by atoms with Gasteiger partial charge in [0.15, 0.2) is 0 Å². The molecule has 0 N–H and O–H groups in total. The second-order valence-electron chi connectivity index (χ2n) is 2.40. The highest BCUT2D eigenvalue weighted by Crippen LogP contribution is 2.09. The first kappa shape index (κ1) is 11.6. The van der Waals surface area contributed by atoms with E-state index >= 15 is 0 Å². The summed E-state index contributed by atoms with van der Waals surface area (Å²) in [4.78, 5) is 31.9. The highest BCUT2D eigenvalue weighted by molar-refractivity contribution is 5.81. The average molecular weight is 188 g/mol. The maximum atomic E-state index is 11.0. The number of rotatable bonds is 5. The fourth-order valence-electron chi connectivity index (χ4n) is 0.830. The summed E-state index contributed by atoms with van der Waals surface area (Å²) < 4.78 is 8.76. The highest BCUT2D eigenvalue weighted by Gasteiger charge is 2.22. The van der Waals surface area contributed by atoms with Crippen molar-refractivity contribution >= 4 is 18.2 Å². The molecule has 0 radical (unpaired) electrons. The van der Waals surface area contributed by atoms with Crippen LogP contribution in [0.2, 0.25) is 0 Å². The van der Waals surface area contributed by atoms with E-state index in [9.17, 15) is 14.4 Å². The molecule has 0 aromatic rings. The summed E-state index contributed by atoms with van der Waals surface area (Å²) in [6.45, 7) is 0. The van der Waals surface area contributed by atoms with Crippen molar-refractivity contribution in [2.75, 3.05) is 14.2 Å². The molecule has 0 heterocycles. The zero-order valence-corrected chi connectivity index (χ0v) is 7.61. The summed E-state index contributed by atoms with van der Waals surface area (Å²) in [6.07, 6.45) is 0.425. The van der Waals surface area contributed by atoms with Crippen LogP contribution in [0.15, 0.2) is 0 Å². The largest absolute Gasteiger partial charge is 0.469 e. The molecule has 13 heavy (non-hydrogen) atoms. The lowest BCUT2D eigenvalue weighted by Gasteiger charge is -2.09. The van der Waals surface area contributed by atoms with Crippen LogP contribution in [0.1, 0.15) is 12.8 Å². The van der Waals surface area contributed by atoms with Crippen molar-refractivity contribution in [3.63, 3.8) is 0 Å². The number of esters is 2. The Kier molecular flexibility index (Phi) is 5.50. The molecule has 74 valence electrons. The monoisotopic (exact) mass is 188 g/mol. The minimum Gasteiger partial charge on any atom is -0.469 e. The average Bonchev–Trinajstić information content (AvgIpc) is 2.15. The third-order valence-electron chi connectivity index (χ3n) is 1.56. The molecular formula is C8H12O5. The number of aldehydes is 1. The zero-order valence-electron chi connectivity index (χ0n) is 7.61. The normalized spacial score (nSPS) is 11.5. The maximum Gasteiger partial charge on any atom is 0.309 e. The first-order valence-corrected chi connectivity index (χ1v) is 3.74. The van der Waals surface area contributed by atoms with E-state index in [0.717, 1.165) is 0 Å². The molecule has 0 fully saturated rings. The first-order chi connectivity index (χ1) is 6.15. The SMILES string of the molecule is COC(=O)C[C@@H](CC=O)C(=O)OC.